The van der Waals surface area contributed by atoms with E-state index in [0.29, 0.717) is 10.9 Å². The van der Waals surface area contributed by atoms with Crippen LogP contribution in [0, 0.1) is 10.1 Å². The Morgan fingerprint density at radius 3 is 2.81 bits per heavy atom. The van der Waals surface area contributed by atoms with Crippen LogP contribution in [0.1, 0.15) is 5.56 Å². The van der Waals surface area contributed by atoms with Gasteiger partial charge in [0, 0.05) is 23.0 Å². The summed E-state index contributed by atoms with van der Waals surface area (Å²) in [5, 5.41) is 13.5. The second-order valence-corrected chi connectivity index (χ2v) is 5.84. The number of thiophene rings is 1. The maximum absolute atomic E-state index is 12.3. The summed E-state index contributed by atoms with van der Waals surface area (Å²) in [6, 6.07) is 7.92. The zero-order valence-electron chi connectivity index (χ0n) is 10.7. The predicted octanol–water partition coefficient (Wildman–Crippen LogP) is 3.67. The summed E-state index contributed by atoms with van der Waals surface area (Å²) in [7, 11) is 0. The van der Waals surface area contributed by atoms with Crippen molar-refractivity contribution >= 4 is 38.7 Å². The Balaban J connectivity index is 2.00. The monoisotopic (exact) mass is 320 g/mol. The highest BCUT2D eigenvalue weighted by Crippen LogP contribution is 2.23. The van der Waals surface area contributed by atoms with Crippen LogP contribution in [0.2, 0.25) is 5.02 Å². The van der Waals surface area contributed by atoms with E-state index in [2.05, 4.69) is 0 Å². The fourth-order valence-corrected chi connectivity index (χ4v) is 3.10. The number of halogens is 1. The maximum atomic E-state index is 12.3. The number of non-ortho nitro benzene ring substituents is 1. The summed E-state index contributed by atoms with van der Waals surface area (Å²) in [5.74, 6) is 0. The second-order valence-electron chi connectivity index (χ2n) is 4.48. The minimum absolute atomic E-state index is 0.0654. The Hall–Kier alpha value is -2.18. The average Bonchev–Trinajstić information content (AvgIpc) is 2.93. The van der Waals surface area contributed by atoms with Crippen LogP contribution < -0.4 is 5.56 Å². The van der Waals surface area contributed by atoms with Crippen LogP contribution in [0.5, 0.6) is 0 Å². The molecule has 0 bridgehead atoms. The van der Waals surface area contributed by atoms with E-state index in [-0.39, 0.29) is 22.8 Å². The Morgan fingerprint density at radius 1 is 1.29 bits per heavy atom. The lowest BCUT2D eigenvalue weighted by molar-refractivity contribution is -0.384. The molecule has 0 saturated carbocycles. The molecule has 2 heterocycles. The van der Waals surface area contributed by atoms with Gasteiger partial charge in [-0.1, -0.05) is 11.6 Å². The smallest absolute Gasteiger partial charge is 0.270 e. The molecule has 0 spiro atoms. The van der Waals surface area contributed by atoms with Gasteiger partial charge in [-0.2, -0.15) is 0 Å². The van der Waals surface area contributed by atoms with Crippen LogP contribution >= 0.6 is 22.9 Å². The van der Waals surface area contributed by atoms with Gasteiger partial charge in [-0.05, 0) is 29.1 Å². The number of nitrogens with zero attached hydrogens (tertiary/aromatic N) is 2. The lowest BCUT2D eigenvalue weighted by Crippen LogP contribution is -2.19. The minimum Gasteiger partial charge on any atom is -0.310 e. The van der Waals surface area contributed by atoms with Crippen LogP contribution in [0.25, 0.3) is 10.1 Å². The first kappa shape index (κ1) is 13.8. The molecule has 3 rings (SSSR count). The Labute approximate surface area is 128 Å². The van der Waals surface area contributed by atoms with Crippen molar-refractivity contribution in [2.45, 2.75) is 6.54 Å². The maximum Gasteiger partial charge on any atom is 0.270 e. The summed E-state index contributed by atoms with van der Waals surface area (Å²) in [4.78, 5) is 22.5. The first-order chi connectivity index (χ1) is 10.1. The standard InChI is InChI=1S/C14H9ClN2O3S/c15-12-7-10(17(19)20)2-1-9(12)8-16-5-3-13-11(14(16)18)4-6-21-13/h1-7H,8H2. The number of aromatic nitrogens is 1. The van der Waals surface area contributed by atoms with E-state index in [0.717, 1.165) is 4.70 Å². The van der Waals surface area contributed by atoms with Crippen LogP contribution in [-0.4, -0.2) is 9.49 Å². The largest absolute Gasteiger partial charge is 0.310 e. The van der Waals surface area contributed by atoms with E-state index in [1.165, 1.54) is 23.5 Å². The van der Waals surface area contributed by atoms with Crippen LogP contribution in [-0.2, 0) is 6.54 Å². The zero-order chi connectivity index (χ0) is 15.0. The number of nitro benzene ring substituents is 1. The molecule has 7 heteroatoms. The highest BCUT2D eigenvalue weighted by atomic mass is 35.5. The lowest BCUT2D eigenvalue weighted by atomic mass is 10.2. The number of rotatable bonds is 3. The molecule has 0 aliphatic rings. The van der Waals surface area contributed by atoms with Crippen LogP contribution in [0.15, 0.2) is 46.7 Å². The van der Waals surface area contributed by atoms with Crippen molar-refractivity contribution < 1.29 is 4.92 Å². The molecule has 106 valence electrons. The Kier molecular flexibility index (Phi) is 3.48. The molecule has 3 aromatic rings. The number of pyridine rings is 1. The first-order valence-electron chi connectivity index (χ1n) is 6.06. The predicted molar refractivity (Wildman–Crippen MR) is 83.3 cm³/mol. The van der Waals surface area contributed by atoms with Crippen molar-refractivity contribution in [1.82, 2.24) is 4.57 Å². The highest BCUT2D eigenvalue weighted by Gasteiger charge is 2.11. The van der Waals surface area contributed by atoms with Crippen molar-refractivity contribution in [2.75, 3.05) is 0 Å². The number of benzene rings is 1. The zero-order valence-corrected chi connectivity index (χ0v) is 12.2. The lowest BCUT2D eigenvalue weighted by Gasteiger charge is -2.07. The molecule has 1 aromatic carbocycles. The van der Waals surface area contributed by atoms with Crippen molar-refractivity contribution in [2.24, 2.45) is 0 Å². The van der Waals surface area contributed by atoms with Crippen molar-refractivity contribution in [3.8, 4) is 0 Å². The van der Waals surface area contributed by atoms with E-state index in [9.17, 15) is 14.9 Å². The SMILES string of the molecule is O=c1c2ccsc2ccn1Cc1ccc([N+](=O)[O-])cc1Cl. The normalized spacial score (nSPS) is 10.9. The molecule has 0 saturated heterocycles. The van der Waals surface area contributed by atoms with E-state index in [1.807, 2.05) is 11.4 Å². The molecule has 0 aliphatic carbocycles. The van der Waals surface area contributed by atoms with Gasteiger partial charge < -0.3 is 4.57 Å². The third-order valence-electron chi connectivity index (χ3n) is 3.18. The molecule has 0 aliphatic heterocycles. The van der Waals surface area contributed by atoms with Gasteiger partial charge in [0.15, 0.2) is 0 Å². The highest BCUT2D eigenvalue weighted by molar-refractivity contribution is 7.17. The average molecular weight is 321 g/mol. The summed E-state index contributed by atoms with van der Waals surface area (Å²) in [6.45, 7) is 0.279. The van der Waals surface area contributed by atoms with Crippen LogP contribution in [0.3, 0.4) is 0 Å². The van der Waals surface area contributed by atoms with Gasteiger partial charge in [0.05, 0.1) is 21.9 Å². The van der Waals surface area contributed by atoms with Gasteiger partial charge in [0.2, 0.25) is 0 Å². The van der Waals surface area contributed by atoms with Crippen molar-refractivity contribution in [1.29, 1.82) is 0 Å². The number of hydrogen-bond acceptors (Lipinski definition) is 4. The van der Waals surface area contributed by atoms with E-state index in [1.54, 1.807) is 22.9 Å². The number of hydrogen-bond donors (Lipinski definition) is 0. The third-order valence-corrected chi connectivity index (χ3v) is 4.41. The van der Waals surface area contributed by atoms with Crippen molar-refractivity contribution in [3.63, 3.8) is 0 Å². The molecular formula is C14H9ClN2O3S. The van der Waals surface area contributed by atoms with E-state index in [4.69, 9.17) is 11.6 Å². The molecule has 0 fully saturated rings. The molecule has 0 radical (unpaired) electrons. The quantitative estimate of drug-likeness (QED) is 0.546. The number of nitro groups is 1. The fourth-order valence-electron chi connectivity index (χ4n) is 2.09. The molecule has 5 nitrogen and oxygen atoms in total. The topological polar surface area (TPSA) is 65.1 Å². The molecule has 0 atom stereocenters. The van der Waals surface area contributed by atoms with E-state index < -0.39 is 4.92 Å². The fraction of sp³-hybridized carbons (Fsp3) is 0.0714. The number of fused-ring (bicyclic) bond motifs is 1. The Morgan fingerprint density at radius 2 is 2.10 bits per heavy atom. The molecule has 21 heavy (non-hydrogen) atoms. The molecule has 2 aromatic heterocycles. The van der Waals surface area contributed by atoms with E-state index >= 15 is 0 Å². The van der Waals surface area contributed by atoms with Gasteiger partial charge in [-0.3, -0.25) is 14.9 Å². The van der Waals surface area contributed by atoms with Gasteiger partial charge in [0.1, 0.15) is 0 Å². The first-order valence-corrected chi connectivity index (χ1v) is 7.31. The molecule has 0 amide bonds. The summed E-state index contributed by atoms with van der Waals surface area (Å²) < 4.78 is 2.48. The van der Waals surface area contributed by atoms with Crippen LogP contribution in [0.4, 0.5) is 5.69 Å². The van der Waals surface area contributed by atoms with Gasteiger partial charge in [0.25, 0.3) is 11.2 Å². The minimum atomic E-state index is -0.501. The summed E-state index contributed by atoms with van der Waals surface area (Å²) in [5.41, 5.74) is 0.506. The van der Waals surface area contributed by atoms with Gasteiger partial charge in [-0.25, -0.2) is 0 Å². The molecule has 0 N–H and O–H groups in total. The molecular weight excluding hydrogens is 312 g/mol. The summed E-state index contributed by atoms with van der Waals surface area (Å²) in [6.07, 6.45) is 1.71. The van der Waals surface area contributed by atoms with Gasteiger partial charge in [-0.15, -0.1) is 11.3 Å². The van der Waals surface area contributed by atoms with Crippen molar-refractivity contribution in [3.05, 3.63) is 73.0 Å². The summed E-state index contributed by atoms with van der Waals surface area (Å²) >= 11 is 7.57. The Bertz CT molecular complexity index is 901. The molecule has 0 unspecified atom stereocenters. The third kappa shape index (κ3) is 2.55. The van der Waals surface area contributed by atoms with Gasteiger partial charge >= 0.3 is 0 Å². The second kappa shape index (κ2) is 5.31.